The van der Waals surface area contributed by atoms with Crippen molar-refractivity contribution in [1.29, 1.82) is 0 Å². The third kappa shape index (κ3) is 2.17. The number of hydrogen-bond acceptors (Lipinski definition) is 3. The van der Waals surface area contributed by atoms with E-state index < -0.39 is 4.84 Å². The molecule has 0 N–H and O–H groups in total. The predicted molar refractivity (Wildman–Crippen MR) is 83.5 cm³/mol. The summed E-state index contributed by atoms with van der Waals surface area (Å²) >= 11 is 11.7. The summed E-state index contributed by atoms with van der Waals surface area (Å²) in [5.74, 6) is 1.56. The molecule has 0 aromatic heterocycles. The van der Waals surface area contributed by atoms with E-state index in [1.807, 2.05) is 11.0 Å². The molecule has 1 amide bonds. The van der Waals surface area contributed by atoms with Crippen LogP contribution >= 0.6 is 23.2 Å². The number of ether oxygens (including phenoxy) is 2. The summed E-state index contributed by atoms with van der Waals surface area (Å²) in [7, 11) is 0. The molecule has 116 valence electrons. The van der Waals surface area contributed by atoms with Gasteiger partial charge in [0.15, 0.2) is 16.3 Å². The zero-order chi connectivity index (χ0) is 15.3. The van der Waals surface area contributed by atoms with Crippen molar-refractivity contribution in [2.75, 3.05) is 6.79 Å². The van der Waals surface area contributed by atoms with Crippen LogP contribution in [0.2, 0.25) is 0 Å². The third-order valence-corrected chi connectivity index (χ3v) is 5.02. The average molecular weight is 340 g/mol. The topological polar surface area (TPSA) is 38.8 Å². The van der Waals surface area contributed by atoms with Crippen LogP contribution in [0.4, 0.5) is 0 Å². The van der Waals surface area contributed by atoms with E-state index in [1.165, 1.54) is 5.56 Å². The highest BCUT2D eigenvalue weighted by Crippen LogP contribution is 2.45. The number of rotatable bonds is 1. The molecule has 4 nitrogen and oxygen atoms in total. The van der Waals surface area contributed by atoms with Crippen molar-refractivity contribution in [2.45, 2.75) is 36.2 Å². The van der Waals surface area contributed by atoms with E-state index >= 15 is 0 Å². The summed E-state index contributed by atoms with van der Waals surface area (Å²) in [5, 5.41) is 0. The van der Waals surface area contributed by atoms with Gasteiger partial charge in [-0.15, -0.1) is 0 Å². The number of alkyl halides is 2. The highest BCUT2D eigenvalue weighted by atomic mass is 35.5. The van der Waals surface area contributed by atoms with E-state index in [0.29, 0.717) is 6.54 Å². The van der Waals surface area contributed by atoms with Crippen LogP contribution < -0.4 is 9.47 Å². The van der Waals surface area contributed by atoms with Gasteiger partial charge >= 0.3 is 0 Å². The Balaban J connectivity index is 1.78. The minimum atomic E-state index is -1.03. The molecule has 2 atom stereocenters. The first-order valence-electron chi connectivity index (χ1n) is 7.31. The smallest absolute Gasteiger partial charge is 0.256 e. The molecular weight excluding hydrogens is 325 g/mol. The van der Waals surface area contributed by atoms with Gasteiger partial charge in [0.05, 0.1) is 0 Å². The van der Waals surface area contributed by atoms with E-state index in [9.17, 15) is 4.79 Å². The van der Waals surface area contributed by atoms with Gasteiger partial charge in [-0.2, -0.15) is 0 Å². The van der Waals surface area contributed by atoms with Crippen LogP contribution in [0.1, 0.15) is 29.9 Å². The first-order valence-corrected chi connectivity index (χ1v) is 8.18. The summed E-state index contributed by atoms with van der Waals surface area (Å²) in [6.07, 6.45) is 6.01. The Kier molecular flexibility index (Phi) is 3.46. The zero-order valence-electron chi connectivity index (χ0n) is 11.8. The molecule has 2 aliphatic heterocycles. The van der Waals surface area contributed by atoms with Gasteiger partial charge in [0, 0.05) is 18.5 Å². The molecule has 0 unspecified atom stereocenters. The Hall–Kier alpha value is -1.39. The fraction of sp³-hybridized carbons (Fsp3) is 0.438. The van der Waals surface area contributed by atoms with Crippen LogP contribution in [-0.4, -0.2) is 28.5 Å². The largest absolute Gasteiger partial charge is 0.454 e. The summed E-state index contributed by atoms with van der Waals surface area (Å²) in [6.45, 7) is 0.760. The summed E-state index contributed by atoms with van der Waals surface area (Å²) in [5.41, 5.74) is 2.33. The first-order chi connectivity index (χ1) is 10.6. The molecule has 1 aromatic carbocycles. The number of halogens is 2. The number of nitrogens with zero attached hydrogens (tertiary/aromatic N) is 1. The van der Waals surface area contributed by atoms with E-state index in [1.54, 1.807) is 0 Å². The van der Waals surface area contributed by atoms with Gasteiger partial charge in [-0.05, 0) is 36.1 Å². The number of carbonyl (C=O) groups excluding carboxylic acids is 1. The van der Waals surface area contributed by atoms with Crippen molar-refractivity contribution < 1.29 is 14.3 Å². The molecule has 0 spiro atoms. The summed E-state index contributed by atoms with van der Waals surface area (Å²) in [6, 6.07) is 4.14. The summed E-state index contributed by atoms with van der Waals surface area (Å²) in [4.78, 5) is 13.2. The first kappa shape index (κ1) is 14.2. The van der Waals surface area contributed by atoms with E-state index in [-0.39, 0.29) is 24.7 Å². The van der Waals surface area contributed by atoms with Crippen molar-refractivity contribution >= 4 is 29.1 Å². The SMILES string of the molecule is O=C(C(Cl)Cl)N1Cc2cc3c(cc2[C@H]2CC=CC[C@H]21)OCO3. The van der Waals surface area contributed by atoms with Gasteiger partial charge in [0.25, 0.3) is 5.91 Å². The molecule has 1 aliphatic carbocycles. The van der Waals surface area contributed by atoms with Crippen LogP contribution in [0.25, 0.3) is 0 Å². The minimum absolute atomic E-state index is 0.102. The lowest BCUT2D eigenvalue weighted by Crippen LogP contribution is -2.49. The van der Waals surface area contributed by atoms with Crippen LogP contribution in [0.15, 0.2) is 24.3 Å². The number of benzene rings is 1. The third-order valence-electron chi connectivity index (χ3n) is 4.64. The maximum Gasteiger partial charge on any atom is 0.256 e. The number of hydrogen-bond donors (Lipinski definition) is 0. The Morgan fingerprint density at radius 3 is 2.68 bits per heavy atom. The summed E-state index contributed by atoms with van der Waals surface area (Å²) < 4.78 is 10.9. The second kappa shape index (κ2) is 5.36. The Morgan fingerprint density at radius 2 is 1.91 bits per heavy atom. The highest BCUT2D eigenvalue weighted by molar-refractivity contribution is 6.53. The van der Waals surface area contributed by atoms with Crippen molar-refractivity contribution in [3.8, 4) is 11.5 Å². The van der Waals surface area contributed by atoms with Gasteiger partial charge in [-0.3, -0.25) is 4.79 Å². The Bertz CT molecular complexity index is 659. The number of carbonyl (C=O) groups is 1. The van der Waals surface area contributed by atoms with Crippen molar-refractivity contribution in [3.63, 3.8) is 0 Å². The van der Waals surface area contributed by atoms with Crippen molar-refractivity contribution in [3.05, 3.63) is 35.4 Å². The highest BCUT2D eigenvalue weighted by Gasteiger charge is 2.40. The van der Waals surface area contributed by atoms with Crippen LogP contribution in [0.3, 0.4) is 0 Å². The van der Waals surface area contributed by atoms with Gasteiger partial charge in [0.2, 0.25) is 6.79 Å². The number of allylic oxidation sites excluding steroid dienone is 1. The van der Waals surface area contributed by atoms with E-state index in [4.69, 9.17) is 32.7 Å². The lowest BCUT2D eigenvalue weighted by molar-refractivity contribution is -0.133. The van der Waals surface area contributed by atoms with Crippen LogP contribution in [0, 0.1) is 0 Å². The fourth-order valence-electron chi connectivity index (χ4n) is 3.63. The van der Waals surface area contributed by atoms with E-state index in [2.05, 4.69) is 18.2 Å². The van der Waals surface area contributed by atoms with Crippen molar-refractivity contribution in [2.24, 2.45) is 0 Å². The van der Waals surface area contributed by atoms with Crippen molar-refractivity contribution in [1.82, 2.24) is 4.90 Å². The molecule has 22 heavy (non-hydrogen) atoms. The second-order valence-corrected chi connectivity index (χ2v) is 6.88. The molecular formula is C16H15Cl2NO3. The monoisotopic (exact) mass is 339 g/mol. The van der Waals surface area contributed by atoms with Gasteiger partial charge < -0.3 is 14.4 Å². The molecule has 3 aliphatic rings. The maximum atomic E-state index is 12.4. The molecule has 6 heteroatoms. The molecule has 0 fully saturated rings. The molecule has 0 saturated carbocycles. The molecule has 1 aromatic rings. The fourth-order valence-corrected chi connectivity index (χ4v) is 3.88. The second-order valence-electron chi connectivity index (χ2n) is 5.79. The average Bonchev–Trinajstić information content (AvgIpc) is 2.98. The van der Waals surface area contributed by atoms with E-state index in [0.717, 1.165) is 29.9 Å². The molecule has 2 heterocycles. The Morgan fingerprint density at radius 1 is 1.18 bits per heavy atom. The standard InChI is InChI=1S/C16H15Cl2NO3/c17-15(18)16(20)19-7-9-5-13-14(22-8-21-13)6-11(9)10-3-1-2-4-12(10)19/h1-2,5-6,10,12,15H,3-4,7-8H2/t10-,12-/m1/s1. The molecule has 0 saturated heterocycles. The molecule has 4 rings (SSSR count). The minimum Gasteiger partial charge on any atom is -0.454 e. The quantitative estimate of drug-likeness (QED) is 0.581. The van der Waals surface area contributed by atoms with Gasteiger partial charge in [-0.25, -0.2) is 0 Å². The maximum absolute atomic E-state index is 12.4. The molecule has 0 radical (unpaired) electrons. The normalized spacial score (nSPS) is 25.1. The van der Waals surface area contributed by atoms with Crippen LogP contribution in [0.5, 0.6) is 11.5 Å². The molecule has 0 bridgehead atoms. The number of fused-ring (bicyclic) bond motifs is 4. The lowest BCUT2D eigenvalue weighted by atomic mass is 9.77. The predicted octanol–water partition coefficient (Wildman–Crippen LogP) is 3.36. The lowest BCUT2D eigenvalue weighted by Gasteiger charge is -2.43. The van der Waals surface area contributed by atoms with Gasteiger partial charge in [-0.1, -0.05) is 35.4 Å². The number of amides is 1. The Labute approximate surface area is 138 Å². The van der Waals surface area contributed by atoms with Gasteiger partial charge in [0.1, 0.15) is 0 Å². The zero-order valence-corrected chi connectivity index (χ0v) is 13.3. The van der Waals surface area contributed by atoms with Crippen LogP contribution in [-0.2, 0) is 11.3 Å².